The topological polar surface area (TPSA) is 94.6 Å². The van der Waals surface area contributed by atoms with Crippen LogP contribution in [0.15, 0.2) is 103 Å². The highest BCUT2D eigenvalue weighted by Gasteiger charge is 2.49. The van der Waals surface area contributed by atoms with Gasteiger partial charge >= 0.3 is 12.2 Å². The molecule has 2 N–H and O–H groups in total. The summed E-state index contributed by atoms with van der Waals surface area (Å²) in [6, 6.07) is 15.5. The van der Waals surface area contributed by atoms with Gasteiger partial charge in [0, 0.05) is 12.7 Å². The summed E-state index contributed by atoms with van der Waals surface area (Å²) >= 11 is 0. The minimum Gasteiger partial charge on any atom is -0.348 e. The van der Waals surface area contributed by atoms with Crippen molar-refractivity contribution in [1.82, 2.24) is 25.4 Å². The first kappa shape index (κ1) is 27.6. The number of benzene rings is 2. The Hall–Kier alpha value is -4.93. The van der Waals surface area contributed by atoms with Gasteiger partial charge in [-0.2, -0.15) is 13.2 Å². The Balaban J connectivity index is 1.56. The maximum atomic E-state index is 14.1. The van der Waals surface area contributed by atoms with E-state index in [-0.39, 0.29) is 36.5 Å². The molecular weight excluding hydrogens is 535 g/mol. The molecule has 0 fully saturated rings. The van der Waals surface area contributed by atoms with Gasteiger partial charge in [0.15, 0.2) is 0 Å². The maximum absolute atomic E-state index is 14.1. The van der Waals surface area contributed by atoms with Crippen molar-refractivity contribution in [1.29, 1.82) is 0 Å². The molecule has 0 aliphatic carbocycles. The summed E-state index contributed by atoms with van der Waals surface area (Å²) in [6.45, 7) is 3.61. The largest absolute Gasteiger partial charge is 0.416 e. The number of nitrogens with one attached hydrogen (secondary N) is 2. The Morgan fingerprint density at radius 2 is 1.78 bits per heavy atom. The molecule has 0 saturated heterocycles. The number of alkyl halides is 3. The summed E-state index contributed by atoms with van der Waals surface area (Å²) in [7, 11) is 0. The molecule has 1 aromatic heterocycles. The quantitative estimate of drug-likeness (QED) is 0.396. The second-order valence-corrected chi connectivity index (χ2v) is 9.51. The zero-order valence-electron chi connectivity index (χ0n) is 21.8. The van der Waals surface area contributed by atoms with Crippen LogP contribution >= 0.6 is 0 Å². The molecule has 8 nitrogen and oxygen atoms in total. The fourth-order valence-electron chi connectivity index (χ4n) is 5.17. The monoisotopic (exact) mass is 561 g/mol. The Bertz CT molecular complexity index is 1510. The van der Waals surface area contributed by atoms with Crippen LogP contribution in [0.3, 0.4) is 0 Å². The Morgan fingerprint density at radius 3 is 2.46 bits per heavy atom. The van der Waals surface area contributed by atoms with Gasteiger partial charge in [0.25, 0.3) is 5.91 Å². The molecule has 2 atom stereocenters. The second kappa shape index (κ2) is 11.3. The molecule has 210 valence electrons. The van der Waals surface area contributed by atoms with E-state index in [4.69, 9.17) is 0 Å². The summed E-state index contributed by atoms with van der Waals surface area (Å²) in [6.07, 6.45) is -1.68. The lowest BCUT2D eigenvalue weighted by molar-refractivity contribution is -0.138. The highest BCUT2D eigenvalue weighted by molar-refractivity contribution is 6.04. The zero-order valence-corrected chi connectivity index (χ0v) is 21.8. The first-order chi connectivity index (χ1) is 19.7. The van der Waals surface area contributed by atoms with E-state index in [0.29, 0.717) is 11.3 Å². The average Bonchev–Trinajstić information content (AvgIpc) is 3.30. The third kappa shape index (κ3) is 5.43. The van der Waals surface area contributed by atoms with Crippen LogP contribution in [0.1, 0.15) is 34.5 Å². The molecule has 3 aromatic rings. The summed E-state index contributed by atoms with van der Waals surface area (Å²) in [5, 5.41) is 5.40. The Kier molecular flexibility index (Phi) is 7.60. The SMILES string of the molecule is C=CCN1C(=O)N[C@@H](c2ccccc2C(F)(F)F)C2=C1CN([C@H](C(=O)NCc1ccccn1)c1ccccc1)C2=O. The van der Waals surface area contributed by atoms with Crippen LogP contribution in [0.2, 0.25) is 0 Å². The van der Waals surface area contributed by atoms with Crippen LogP contribution < -0.4 is 10.6 Å². The molecule has 2 aromatic carbocycles. The van der Waals surface area contributed by atoms with E-state index in [0.717, 1.165) is 6.07 Å². The van der Waals surface area contributed by atoms with Crippen LogP contribution in [-0.4, -0.2) is 45.7 Å². The predicted molar refractivity (Wildman–Crippen MR) is 144 cm³/mol. The summed E-state index contributed by atoms with van der Waals surface area (Å²) < 4.78 is 42.0. The predicted octanol–water partition coefficient (Wildman–Crippen LogP) is 4.51. The molecule has 41 heavy (non-hydrogen) atoms. The van der Waals surface area contributed by atoms with Crippen LogP contribution in [0.5, 0.6) is 0 Å². The molecule has 3 heterocycles. The Morgan fingerprint density at radius 1 is 1.07 bits per heavy atom. The molecule has 2 aliphatic heterocycles. The van der Waals surface area contributed by atoms with Crippen molar-refractivity contribution >= 4 is 17.8 Å². The van der Waals surface area contributed by atoms with E-state index in [1.54, 1.807) is 54.7 Å². The number of nitrogens with zero attached hydrogens (tertiary/aromatic N) is 3. The van der Waals surface area contributed by atoms with Crippen LogP contribution in [0.4, 0.5) is 18.0 Å². The van der Waals surface area contributed by atoms with Crippen molar-refractivity contribution in [2.45, 2.75) is 24.8 Å². The van der Waals surface area contributed by atoms with E-state index in [1.807, 2.05) is 0 Å². The van der Waals surface area contributed by atoms with E-state index < -0.39 is 41.7 Å². The summed E-state index contributed by atoms with van der Waals surface area (Å²) in [5.74, 6) is -1.16. The highest BCUT2D eigenvalue weighted by atomic mass is 19.4. The lowest BCUT2D eigenvalue weighted by atomic mass is 9.91. The average molecular weight is 562 g/mol. The van der Waals surface area contributed by atoms with E-state index in [2.05, 4.69) is 22.2 Å². The van der Waals surface area contributed by atoms with Crippen molar-refractivity contribution in [3.8, 4) is 0 Å². The number of hydrogen-bond donors (Lipinski definition) is 2. The third-order valence-corrected chi connectivity index (χ3v) is 6.98. The van der Waals surface area contributed by atoms with Crippen molar-refractivity contribution in [2.75, 3.05) is 13.1 Å². The van der Waals surface area contributed by atoms with Gasteiger partial charge in [-0.3, -0.25) is 19.5 Å². The molecule has 0 bridgehead atoms. The molecular formula is C30H26F3N5O3. The second-order valence-electron chi connectivity index (χ2n) is 9.51. The zero-order chi connectivity index (χ0) is 29.1. The van der Waals surface area contributed by atoms with E-state index >= 15 is 0 Å². The molecule has 5 rings (SSSR count). The summed E-state index contributed by atoms with van der Waals surface area (Å²) in [4.78, 5) is 47.7. The van der Waals surface area contributed by atoms with Crippen LogP contribution in [-0.2, 0) is 22.3 Å². The fourth-order valence-corrected chi connectivity index (χ4v) is 5.17. The molecule has 0 saturated carbocycles. The number of urea groups is 1. The molecule has 4 amide bonds. The normalized spacial score (nSPS) is 17.7. The summed E-state index contributed by atoms with van der Waals surface area (Å²) in [5.41, 5.74) is 0.0776. The number of aromatic nitrogens is 1. The van der Waals surface area contributed by atoms with Crippen molar-refractivity contribution < 1.29 is 27.6 Å². The molecule has 0 spiro atoms. The minimum atomic E-state index is -4.72. The van der Waals surface area contributed by atoms with Gasteiger partial charge < -0.3 is 15.5 Å². The van der Waals surface area contributed by atoms with Crippen molar-refractivity contribution in [3.63, 3.8) is 0 Å². The number of hydrogen-bond acceptors (Lipinski definition) is 4. The van der Waals surface area contributed by atoms with Gasteiger partial charge in [0.05, 0.1) is 41.7 Å². The number of pyridine rings is 1. The number of carbonyl (C=O) groups is 3. The first-order valence-electron chi connectivity index (χ1n) is 12.8. The lowest BCUT2D eigenvalue weighted by Crippen LogP contribution is -2.47. The standard InChI is InChI=1S/C30H26F3N5O3/c1-2-16-37-23-18-38(26(19-10-4-3-5-11-19)27(39)35-17-20-12-8-9-15-34-20)28(40)24(23)25(36-29(37)41)21-13-6-7-14-22(21)30(31,32)33/h2-15,25-26H,1,16-18H2,(H,35,39)(H,36,41)/t25-,26-/m0/s1. The van der Waals surface area contributed by atoms with E-state index in [9.17, 15) is 27.6 Å². The fraction of sp³-hybridized carbons (Fsp3) is 0.200. The number of carbonyl (C=O) groups excluding carboxylic acids is 3. The highest BCUT2D eigenvalue weighted by Crippen LogP contribution is 2.43. The van der Waals surface area contributed by atoms with Gasteiger partial charge in [0.2, 0.25) is 5.91 Å². The molecule has 2 aliphatic rings. The minimum absolute atomic E-state index is 0.0152. The molecule has 11 heteroatoms. The van der Waals surface area contributed by atoms with Gasteiger partial charge in [0.1, 0.15) is 6.04 Å². The molecule has 0 radical (unpaired) electrons. The van der Waals surface area contributed by atoms with Gasteiger partial charge in [-0.05, 0) is 29.3 Å². The van der Waals surface area contributed by atoms with Gasteiger partial charge in [-0.1, -0.05) is 60.7 Å². The maximum Gasteiger partial charge on any atom is 0.416 e. The number of amides is 4. The molecule has 0 unspecified atom stereocenters. The van der Waals surface area contributed by atoms with Crippen molar-refractivity contribution in [2.24, 2.45) is 0 Å². The number of halogens is 3. The van der Waals surface area contributed by atoms with E-state index in [1.165, 1.54) is 34.1 Å². The lowest BCUT2D eigenvalue weighted by Gasteiger charge is -2.33. The van der Waals surface area contributed by atoms with Crippen LogP contribution in [0, 0.1) is 0 Å². The van der Waals surface area contributed by atoms with Gasteiger partial charge in [-0.25, -0.2) is 4.79 Å². The van der Waals surface area contributed by atoms with Crippen LogP contribution in [0.25, 0.3) is 0 Å². The number of rotatable bonds is 8. The third-order valence-electron chi connectivity index (χ3n) is 6.98. The first-order valence-corrected chi connectivity index (χ1v) is 12.8. The Labute approximate surface area is 234 Å². The smallest absolute Gasteiger partial charge is 0.348 e. The van der Waals surface area contributed by atoms with Crippen molar-refractivity contribution in [3.05, 3.63) is 125 Å². The van der Waals surface area contributed by atoms with Gasteiger partial charge in [-0.15, -0.1) is 6.58 Å².